The maximum Gasteiger partial charge on any atom is 0.337 e. The number of ether oxygens (including phenoxy) is 3. The van der Waals surface area contributed by atoms with Crippen molar-refractivity contribution in [1.29, 1.82) is 0 Å². The molecule has 1 atom stereocenters. The van der Waals surface area contributed by atoms with E-state index in [0.717, 1.165) is 11.1 Å². The van der Waals surface area contributed by atoms with Crippen LogP contribution in [0.25, 0.3) is 0 Å². The number of benzene rings is 3. The fourth-order valence-electron chi connectivity index (χ4n) is 3.08. The number of carbonyl (C=O) groups excluding carboxylic acids is 1. The Labute approximate surface area is 165 Å². The Morgan fingerprint density at radius 2 is 1.50 bits per heavy atom. The van der Waals surface area contributed by atoms with Crippen LogP contribution in [-0.2, 0) is 22.5 Å². The van der Waals surface area contributed by atoms with Crippen LogP contribution in [-0.4, -0.2) is 20.2 Å². The zero-order chi connectivity index (χ0) is 19.8. The smallest absolute Gasteiger partial charge is 0.337 e. The van der Waals surface area contributed by atoms with Crippen molar-refractivity contribution >= 4 is 5.97 Å². The van der Waals surface area contributed by atoms with Crippen LogP contribution >= 0.6 is 0 Å². The van der Waals surface area contributed by atoms with Gasteiger partial charge in [-0.05, 0) is 23.3 Å². The van der Waals surface area contributed by atoms with Crippen LogP contribution in [0.3, 0.4) is 0 Å². The molecule has 0 aromatic heterocycles. The molecule has 3 aromatic carbocycles. The van der Waals surface area contributed by atoms with Crippen LogP contribution in [0.15, 0.2) is 78.9 Å². The molecule has 0 fully saturated rings. The molecule has 0 aliphatic heterocycles. The number of hydrogen-bond donors (Lipinski definition) is 0. The second kappa shape index (κ2) is 9.72. The van der Waals surface area contributed by atoms with Gasteiger partial charge in [-0.2, -0.15) is 0 Å². The fraction of sp³-hybridized carbons (Fsp3) is 0.208. The highest BCUT2D eigenvalue weighted by atomic mass is 16.5. The van der Waals surface area contributed by atoms with E-state index in [2.05, 4.69) is 12.1 Å². The summed E-state index contributed by atoms with van der Waals surface area (Å²) in [5.74, 6) is 0.214. The predicted molar refractivity (Wildman–Crippen MR) is 108 cm³/mol. The SMILES string of the molecule is COC(=O)c1ccc(C(Cc2ccccc2)OCc2ccccc2)c(OC)c1. The van der Waals surface area contributed by atoms with Crippen molar-refractivity contribution in [3.8, 4) is 5.75 Å². The average Bonchev–Trinajstić information content (AvgIpc) is 2.77. The van der Waals surface area contributed by atoms with Crippen molar-refractivity contribution in [2.45, 2.75) is 19.1 Å². The molecular formula is C24H24O4. The van der Waals surface area contributed by atoms with Crippen molar-refractivity contribution in [2.75, 3.05) is 14.2 Å². The Hall–Kier alpha value is -3.11. The lowest BCUT2D eigenvalue weighted by Crippen LogP contribution is -2.11. The average molecular weight is 376 g/mol. The lowest BCUT2D eigenvalue weighted by Gasteiger charge is -2.21. The summed E-state index contributed by atoms with van der Waals surface area (Å²) < 4.78 is 16.7. The first-order valence-corrected chi connectivity index (χ1v) is 9.17. The van der Waals surface area contributed by atoms with Gasteiger partial charge in [0.1, 0.15) is 5.75 Å². The standard InChI is InChI=1S/C24H24O4/c1-26-22-16-20(24(25)27-2)13-14-21(22)23(15-18-9-5-3-6-10-18)28-17-19-11-7-4-8-12-19/h3-14,16,23H,15,17H2,1-2H3. The molecule has 4 heteroatoms. The number of rotatable bonds is 8. The van der Waals surface area contributed by atoms with E-state index in [4.69, 9.17) is 14.2 Å². The van der Waals surface area contributed by atoms with Crippen LogP contribution in [0.4, 0.5) is 0 Å². The van der Waals surface area contributed by atoms with Crippen LogP contribution in [0.2, 0.25) is 0 Å². The molecule has 0 aliphatic carbocycles. The molecule has 3 aromatic rings. The van der Waals surface area contributed by atoms with Crippen molar-refractivity contribution in [3.63, 3.8) is 0 Å². The van der Waals surface area contributed by atoms with Crippen LogP contribution < -0.4 is 4.74 Å². The van der Waals surface area contributed by atoms with Crippen LogP contribution in [0.5, 0.6) is 5.75 Å². The summed E-state index contributed by atoms with van der Waals surface area (Å²) in [6.07, 6.45) is 0.478. The van der Waals surface area contributed by atoms with Crippen molar-refractivity contribution in [1.82, 2.24) is 0 Å². The molecule has 0 amide bonds. The summed E-state index contributed by atoms with van der Waals surface area (Å²) >= 11 is 0. The van der Waals surface area contributed by atoms with E-state index < -0.39 is 5.97 Å². The van der Waals surface area contributed by atoms with Gasteiger partial charge >= 0.3 is 5.97 Å². The third-order valence-corrected chi connectivity index (χ3v) is 4.56. The second-order valence-electron chi connectivity index (χ2n) is 6.42. The first kappa shape index (κ1) is 19.6. The van der Waals surface area contributed by atoms with E-state index in [9.17, 15) is 4.79 Å². The Bertz CT molecular complexity index is 891. The monoisotopic (exact) mass is 376 g/mol. The Balaban J connectivity index is 1.89. The molecule has 0 bridgehead atoms. The van der Waals surface area contributed by atoms with Gasteiger partial charge in [-0.1, -0.05) is 66.7 Å². The lowest BCUT2D eigenvalue weighted by molar-refractivity contribution is 0.0382. The summed E-state index contributed by atoms with van der Waals surface area (Å²) in [5, 5.41) is 0. The third kappa shape index (κ3) is 4.99. The first-order valence-electron chi connectivity index (χ1n) is 9.17. The summed E-state index contributed by atoms with van der Waals surface area (Å²) in [4.78, 5) is 11.9. The van der Waals surface area contributed by atoms with Crippen molar-refractivity contribution in [2.24, 2.45) is 0 Å². The second-order valence-corrected chi connectivity index (χ2v) is 6.42. The van der Waals surface area contributed by atoms with Gasteiger partial charge in [0, 0.05) is 12.0 Å². The van der Waals surface area contributed by atoms with Crippen molar-refractivity contribution in [3.05, 3.63) is 101 Å². The van der Waals surface area contributed by atoms with E-state index in [-0.39, 0.29) is 6.10 Å². The normalized spacial score (nSPS) is 11.6. The molecule has 0 aliphatic rings. The molecule has 4 nitrogen and oxygen atoms in total. The molecule has 0 saturated heterocycles. The molecular weight excluding hydrogens is 352 g/mol. The zero-order valence-corrected chi connectivity index (χ0v) is 16.1. The number of carbonyl (C=O) groups is 1. The Kier molecular flexibility index (Phi) is 6.82. The predicted octanol–water partition coefficient (Wildman–Crippen LogP) is 4.98. The van der Waals surface area contributed by atoms with Gasteiger partial charge in [0.2, 0.25) is 0 Å². The first-order chi connectivity index (χ1) is 13.7. The van der Waals surface area contributed by atoms with Crippen molar-refractivity contribution < 1.29 is 19.0 Å². The third-order valence-electron chi connectivity index (χ3n) is 4.56. The van der Waals surface area contributed by atoms with Gasteiger partial charge < -0.3 is 14.2 Å². The van der Waals surface area contributed by atoms with Gasteiger partial charge in [-0.3, -0.25) is 0 Å². The highest BCUT2D eigenvalue weighted by Gasteiger charge is 2.20. The van der Waals surface area contributed by atoms with Gasteiger partial charge in [0.05, 0.1) is 32.5 Å². The van der Waals surface area contributed by atoms with E-state index in [1.165, 1.54) is 12.7 Å². The summed E-state index contributed by atoms with van der Waals surface area (Å²) in [6, 6.07) is 25.6. The molecule has 28 heavy (non-hydrogen) atoms. The number of hydrogen-bond acceptors (Lipinski definition) is 4. The minimum absolute atomic E-state index is 0.218. The lowest BCUT2D eigenvalue weighted by atomic mass is 9.99. The molecule has 0 spiro atoms. The topological polar surface area (TPSA) is 44.8 Å². The highest BCUT2D eigenvalue weighted by molar-refractivity contribution is 5.89. The summed E-state index contributed by atoms with van der Waals surface area (Å²) in [5.41, 5.74) is 3.62. The van der Waals surface area contributed by atoms with E-state index >= 15 is 0 Å². The summed E-state index contributed by atoms with van der Waals surface area (Å²) in [7, 11) is 2.96. The molecule has 0 N–H and O–H groups in total. The largest absolute Gasteiger partial charge is 0.496 e. The highest BCUT2D eigenvalue weighted by Crippen LogP contribution is 2.32. The minimum atomic E-state index is -0.394. The molecule has 144 valence electrons. The van der Waals surface area contributed by atoms with Crippen LogP contribution in [0.1, 0.15) is 33.2 Å². The Morgan fingerprint density at radius 3 is 2.11 bits per heavy atom. The molecule has 1 unspecified atom stereocenters. The van der Waals surface area contributed by atoms with E-state index in [0.29, 0.717) is 24.3 Å². The molecule has 0 radical (unpaired) electrons. The zero-order valence-electron chi connectivity index (χ0n) is 16.1. The molecule has 0 heterocycles. The minimum Gasteiger partial charge on any atom is -0.496 e. The van der Waals surface area contributed by atoms with Gasteiger partial charge in [-0.15, -0.1) is 0 Å². The Morgan fingerprint density at radius 1 is 0.857 bits per heavy atom. The van der Waals surface area contributed by atoms with Gasteiger partial charge in [0.15, 0.2) is 0 Å². The molecule has 0 saturated carbocycles. The maximum absolute atomic E-state index is 11.9. The summed E-state index contributed by atoms with van der Waals surface area (Å²) in [6.45, 7) is 0.486. The van der Waals surface area contributed by atoms with Crippen LogP contribution in [0, 0.1) is 0 Å². The quantitative estimate of drug-likeness (QED) is 0.520. The van der Waals surface area contributed by atoms with Gasteiger partial charge in [-0.25, -0.2) is 4.79 Å². The number of methoxy groups -OCH3 is 2. The van der Waals surface area contributed by atoms with E-state index in [1.807, 2.05) is 54.6 Å². The fourth-order valence-corrected chi connectivity index (χ4v) is 3.08. The number of esters is 1. The maximum atomic E-state index is 11.9. The van der Waals surface area contributed by atoms with Gasteiger partial charge in [0.25, 0.3) is 0 Å². The van der Waals surface area contributed by atoms with E-state index in [1.54, 1.807) is 19.2 Å². The molecule has 3 rings (SSSR count).